The fraction of sp³-hybridized carbons (Fsp3) is 0.150. The molecule has 0 saturated carbocycles. The molecule has 1 aliphatic heterocycles. The number of carbonyl (C=O) groups is 1. The quantitative estimate of drug-likeness (QED) is 0.436. The molecule has 0 radical (unpaired) electrons. The van der Waals surface area contributed by atoms with E-state index in [1.54, 1.807) is 6.21 Å². The van der Waals surface area contributed by atoms with Gasteiger partial charge < -0.3 is 5.32 Å². The van der Waals surface area contributed by atoms with Gasteiger partial charge >= 0.3 is 0 Å². The second-order valence-corrected chi connectivity index (χ2v) is 7.08. The monoisotopic (exact) mass is 347 g/mol. The third-order valence-corrected chi connectivity index (χ3v) is 5.53. The van der Waals surface area contributed by atoms with Crippen LogP contribution in [0.4, 0.5) is 0 Å². The molecule has 3 aromatic rings. The summed E-state index contributed by atoms with van der Waals surface area (Å²) in [6, 6.07) is 18.7. The Morgan fingerprint density at radius 3 is 2.32 bits per heavy atom. The van der Waals surface area contributed by atoms with E-state index < -0.39 is 0 Å². The van der Waals surface area contributed by atoms with E-state index in [9.17, 15) is 4.79 Å². The van der Waals surface area contributed by atoms with Gasteiger partial charge in [0.1, 0.15) is 0 Å². The van der Waals surface area contributed by atoms with Crippen LogP contribution in [0.2, 0.25) is 0 Å². The Kier molecular flexibility index (Phi) is 4.24. The van der Waals surface area contributed by atoms with Crippen LogP contribution < -0.4 is 5.32 Å². The van der Waals surface area contributed by atoms with Crippen LogP contribution in [0.3, 0.4) is 0 Å². The molecule has 1 amide bonds. The minimum Gasteiger partial charge on any atom is -0.303 e. The molecule has 5 heteroatoms. The van der Waals surface area contributed by atoms with Crippen molar-refractivity contribution in [1.82, 2.24) is 5.32 Å². The summed E-state index contributed by atoms with van der Waals surface area (Å²) in [5.74, 6) is 0.0112. The summed E-state index contributed by atoms with van der Waals surface area (Å²) in [5, 5.41) is 16.4. The van der Waals surface area contributed by atoms with E-state index in [0.29, 0.717) is 5.17 Å². The largest absolute Gasteiger partial charge is 0.303 e. The van der Waals surface area contributed by atoms with Gasteiger partial charge in [-0.2, -0.15) is 5.10 Å². The molecule has 0 aromatic heterocycles. The topological polar surface area (TPSA) is 53.8 Å². The number of nitrogens with zero attached hydrogens (tertiary/aromatic N) is 2. The minimum atomic E-state index is -0.0627. The summed E-state index contributed by atoms with van der Waals surface area (Å²) in [6.45, 7) is 1.99. The van der Waals surface area contributed by atoms with Crippen molar-refractivity contribution in [3.63, 3.8) is 0 Å². The number of benzene rings is 3. The van der Waals surface area contributed by atoms with Gasteiger partial charge in [0.05, 0.1) is 11.5 Å². The molecule has 124 valence electrons. The SMILES string of the molecule is CC[C@@H]1SC(=NN=Cc2c3ccccc3cc3ccccc23)NC1=O. The zero-order valence-corrected chi connectivity index (χ0v) is 14.6. The van der Waals surface area contributed by atoms with Crippen molar-refractivity contribution in [2.75, 3.05) is 0 Å². The number of nitrogens with one attached hydrogen (secondary N) is 1. The van der Waals surface area contributed by atoms with E-state index in [1.807, 2.05) is 31.2 Å². The van der Waals surface area contributed by atoms with E-state index in [0.717, 1.165) is 22.8 Å². The molecule has 0 aliphatic carbocycles. The second kappa shape index (κ2) is 6.69. The van der Waals surface area contributed by atoms with E-state index >= 15 is 0 Å². The smallest absolute Gasteiger partial charge is 0.239 e. The molecule has 3 aromatic carbocycles. The Hall–Kier alpha value is -2.66. The molecule has 1 N–H and O–H groups in total. The lowest BCUT2D eigenvalue weighted by Gasteiger charge is -2.07. The fourth-order valence-corrected chi connectivity index (χ4v) is 3.90. The van der Waals surface area contributed by atoms with Crippen molar-refractivity contribution in [3.05, 3.63) is 60.2 Å². The summed E-state index contributed by atoms with van der Waals surface area (Å²) < 4.78 is 0. The summed E-state index contributed by atoms with van der Waals surface area (Å²) in [4.78, 5) is 11.7. The summed E-state index contributed by atoms with van der Waals surface area (Å²) in [6.07, 6.45) is 2.57. The minimum absolute atomic E-state index is 0.0112. The average Bonchev–Trinajstić information content (AvgIpc) is 3.01. The number of carbonyl (C=O) groups excluding carboxylic acids is 1. The Bertz CT molecular complexity index is 972. The molecule has 1 heterocycles. The lowest BCUT2D eigenvalue weighted by molar-refractivity contribution is -0.118. The van der Waals surface area contributed by atoms with Crippen LogP contribution in [-0.2, 0) is 4.79 Å². The Labute approximate surface area is 150 Å². The van der Waals surface area contributed by atoms with Crippen LogP contribution >= 0.6 is 11.8 Å². The van der Waals surface area contributed by atoms with Crippen molar-refractivity contribution in [2.24, 2.45) is 10.2 Å². The van der Waals surface area contributed by atoms with Gasteiger partial charge in [0.15, 0.2) is 5.17 Å². The lowest BCUT2D eigenvalue weighted by atomic mass is 9.97. The summed E-state index contributed by atoms with van der Waals surface area (Å²) in [5.41, 5.74) is 1.04. The molecular formula is C20H17N3OS. The highest BCUT2D eigenvalue weighted by Crippen LogP contribution is 2.27. The highest BCUT2D eigenvalue weighted by Gasteiger charge is 2.28. The van der Waals surface area contributed by atoms with Crippen molar-refractivity contribution in [2.45, 2.75) is 18.6 Å². The van der Waals surface area contributed by atoms with Crippen LogP contribution in [0.25, 0.3) is 21.5 Å². The predicted molar refractivity (Wildman–Crippen MR) is 106 cm³/mol. The zero-order valence-electron chi connectivity index (χ0n) is 13.8. The number of thioether (sulfide) groups is 1. The van der Waals surface area contributed by atoms with Gasteiger partial charge in [-0.25, -0.2) is 0 Å². The molecule has 1 fully saturated rings. The first kappa shape index (κ1) is 15.8. The van der Waals surface area contributed by atoms with Gasteiger partial charge in [-0.15, -0.1) is 5.10 Å². The first-order valence-electron chi connectivity index (χ1n) is 8.25. The molecule has 1 atom stereocenters. The average molecular weight is 347 g/mol. The van der Waals surface area contributed by atoms with Gasteiger partial charge in [0.2, 0.25) is 5.91 Å². The molecule has 0 spiro atoms. The van der Waals surface area contributed by atoms with Crippen molar-refractivity contribution in [1.29, 1.82) is 0 Å². The second-order valence-electron chi connectivity index (χ2n) is 5.89. The van der Waals surface area contributed by atoms with Crippen LogP contribution in [0.5, 0.6) is 0 Å². The summed E-state index contributed by atoms with van der Waals surface area (Å²) in [7, 11) is 0. The maximum absolute atomic E-state index is 11.7. The van der Waals surface area contributed by atoms with Crippen LogP contribution in [-0.4, -0.2) is 22.5 Å². The van der Waals surface area contributed by atoms with Crippen LogP contribution in [0.1, 0.15) is 18.9 Å². The number of rotatable bonds is 3. The molecule has 25 heavy (non-hydrogen) atoms. The van der Waals surface area contributed by atoms with Gasteiger partial charge in [0, 0.05) is 5.56 Å². The maximum atomic E-state index is 11.7. The molecule has 0 unspecified atom stereocenters. The predicted octanol–water partition coefficient (Wildman–Crippen LogP) is 4.32. The molecule has 1 aliphatic rings. The highest BCUT2D eigenvalue weighted by molar-refractivity contribution is 8.15. The van der Waals surface area contributed by atoms with Gasteiger partial charge in [0.25, 0.3) is 0 Å². The Morgan fingerprint density at radius 2 is 1.72 bits per heavy atom. The Balaban J connectivity index is 1.76. The van der Waals surface area contributed by atoms with Gasteiger partial charge in [-0.1, -0.05) is 67.2 Å². The molecule has 4 rings (SSSR count). The van der Waals surface area contributed by atoms with Gasteiger partial charge in [-0.05, 0) is 34.0 Å². The molecular weight excluding hydrogens is 330 g/mol. The number of amidine groups is 1. The number of fused-ring (bicyclic) bond motifs is 2. The van der Waals surface area contributed by atoms with E-state index in [4.69, 9.17) is 0 Å². The number of hydrogen-bond acceptors (Lipinski definition) is 4. The normalized spacial score (nSPS) is 19.3. The van der Waals surface area contributed by atoms with Gasteiger partial charge in [-0.3, -0.25) is 4.79 Å². The Morgan fingerprint density at radius 1 is 1.08 bits per heavy atom. The van der Waals surface area contributed by atoms with Crippen LogP contribution in [0, 0.1) is 0 Å². The maximum Gasteiger partial charge on any atom is 0.239 e. The zero-order chi connectivity index (χ0) is 17.2. The highest BCUT2D eigenvalue weighted by atomic mass is 32.2. The van der Waals surface area contributed by atoms with Crippen molar-refractivity contribution < 1.29 is 4.79 Å². The molecule has 1 saturated heterocycles. The summed E-state index contributed by atoms with van der Waals surface area (Å²) >= 11 is 1.44. The molecule has 0 bridgehead atoms. The van der Waals surface area contributed by atoms with Crippen LogP contribution in [0.15, 0.2) is 64.8 Å². The van der Waals surface area contributed by atoms with E-state index in [1.165, 1.54) is 22.5 Å². The first-order chi connectivity index (χ1) is 12.3. The third-order valence-electron chi connectivity index (χ3n) is 4.30. The number of hydrogen-bond donors (Lipinski definition) is 1. The molecule has 4 nitrogen and oxygen atoms in total. The van der Waals surface area contributed by atoms with Crippen molar-refractivity contribution in [3.8, 4) is 0 Å². The van der Waals surface area contributed by atoms with E-state index in [2.05, 4.69) is 45.9 Å². The lowest BCUT2D eigenvalue weighted by Crippen LogP contribution is -2.24. The standard InChI is InChI=1S/C20H17N3OS/c1-2-18-19(24)22-20(25-18)23-21-12-17-15-9-5-3-7-13(15)11-14-8-4-6-10-16(14)17/h3-12,18H,2H2,1H3,(H,22,23,24)/t18-/m0/s1. The van der Waals surface area contributed by atoms with E-state index in [-0.39, 0.29) is 11.2 Å². The van der Waals surface area contributed by atoms with Crippen molar-refractivity contribution >= 4 is 50.6 Å². The fourth-order valence-electron chi connectivity index (χ4n) is 3.05. The third kappa shape index (κ3) is 3.03. The number of amides is 1. The first-order valence-corrected chi connectivity index (χ1v) is 9.13.